The second kappa shape index (κ2) is 11.1. The number of nitrogens with one attached hydrogen (secondary N) is 1. The second-order valence-corrected chi connectivity index (χ2v) is 9.67. The number of aliphatic carboxylic acids is 1. The van der Waals surface area contributed by atoms with Gasteiger partial charge in [0.05, 0.1) is 25.5 Å². The first-order chi connectivity index (χ1) is 18.5. The number of benzene rings is 1. The van der Waals surface area contributed by atoms with E-state index in [0.29, 0.717) is 43.7 Å². The van der Waals surface area contributed by atoms with Gasteiger partial charge in [-0.3, -0.25) is 4.98 Å². The highest BCUT2D eigenvalue weighted by atomic mass is 16.5. The lowest BCUT2D eigenvalue weighted by molar-refractivity contribution is -0.142. The highest BCUT2D eigenvalue weighted by molar-refractivity contribution is 5.83. The van der Waals surface area contributed by atoms with E-state index in [-0.39, 0.29) is 6.10 Å². The van der Waals surface area contributed by atoms with Crippen LogP contribution in [0.2, 0.25) is 0 Å². The molecule has 200 valence electrons. The van der Waals surface area contributed by atoms with E-state index in [1.165, 1.54) is 0 Å². The average molecular weight is 520 g/mol. The monoisotopic (exact) mass is 519 g/mol. The van der Waals surface area contributed by atoms with Gasteiger partial charge in [-0.1, -0.05) is 12.1 Å². The Morgan fingerprint density at radius 1 is 1.13 bits per heavy atom. The number of carbonyl (C=O) groups is 1. The molecule has 0 spiro atoms. The van der Waals surface area contributed by atoms with Gasteiger partial charge in [-0.15, -0.1) is 0 Å². The molecule has 0 saturated carbocycles. The van der Waals surface area contributed by atoms with E-state index in [0.717, 1.165) is 43.1 Å². The molecule has 11 nitrogen and oxygen atoms in total. The van der Waals surface area contributed by atoms with E-state index in [1.54, 1.807) is 31.6 Å². The molecule has 2 aliphatic heterocycles. The normalized spacial score (nSPS) is 21.3. The maximum Gasteiger partial charge on any atom is 0.329 e. The number of aromatic nitrogens is 4. The van der Waals surface area contributed by atoms with E-state index < -0.39 is 11.5 Å². The van der Waals surface area contributed by atoms with Crippen molar-refractivity contribution in [3.8, 4) is 11.5 Å². The van der Waals surface area contributed by atoms with Gasteiger partial charge < -0.3 is 29.7 Å². The minimum atomic E-state index is -0.985. The summed E-state index contributed by atoms with van der Waals surface area (Å²) in [5, 5.41) is 12.9. The van der Waals surface area contributed by atoms with Crippen molar-refractivity contribution in [2.24, 2.45) is 0 Å². The molecule has 0 unspecified atom stereocenters. The summed E-state index contributed by atoms with van der Waals surface area (Å²) in [4.78, 5) is 33.9. The van der Waals surface area contributed by atoms with Crippen LogP contribution in [0.5, 0.6) is 11.5 Å². The van der Waals surface area contributed by atoms with Crippen LogP contribution in [0.1, 0.15) is 39.5 Å². The highest BCUT2D eigenvalue weighted by Gasteiger charge is 2.44. The fourth-order valence-electron chi connectivity index (χ4n) is 5.04. The predicted molar refractivity (Wildman–Crippen MR) is 143 cm³/mol. The summed E-state index contributed by atoms with van der Waals surface area (Å²) in [7, 11) is 0. The minimum Gasteiger partial charge on any atom is -0.490 e. The van der Waals surface area contributed by atoms with Gasteiger partial charge in [-0.05, 0) is 57.7 Å². The standard InChI is InChI=1S/C27H33N7O4/c1-3-37-20-9-4-5-10-21(20)38-19-8-6-14-33(18-19)24-17-28-16-22(30-24)31-26-29-13-11-23(32-26)34-15-7-12-27(34,2)25(35)36/h4-5,9-11,13,16-17,19H,3,6-8,12,14-15,18H2,1-2H3,(H,35,36)(H,29,30,31,32)/t19-,27+/m1/s1. The Bertz CT molecular complexity index is 1280. The molecule has 0 radical (unpaired) electrons. The summed E-state index contributed by atoms with van der Waals surface area (Å²) in [6.45, 7) is 6.42. The number of nitrogens with zero attached hydrogens (tertiary/aromatic N) is 6. The van der Waals surface area contributed by atoms with Crippen molar-refractivity contribution in [1.29, 1.82) is 0 Å². The third kappa shape index (κ3) is 5.41. The van der Waals surface area contributed by atoms with E-state index in [4.69, 9.17) is 14.5 Å². The Morgan fingerprint density at radius 2 is 1.97 bits per heavy atom. The molecule has 2 saturated heterocycles. The van der Waals surface area contributed by atoms with Crippen molar-refractivity contribution in [1.82, 2.24) is 19.9 Å². The molecule has 2 aromatic heterocycles. The highest BCUT2D eigenvalue weighted by Crippen LogP contribution is 2.34. The summed E-state index contributed by atoms with van der Waals surface area (Å²) in [5.41, 5.74) is -0.985. The lowest BCUT2D eigenvalue weighted by Gasteiger charge is -2.33. The summed E-state index contributed by atoms with van der Waals surface area (Å²) >= 11 is 0. The van der Waals surface area contributed by atoms with Crippen LogP contribution in [-0.2, 0) is 4.79 Å². The van der Waals surface area contributed by atoms with Gasteiger partial charge in [0.15, 0.2) is 17.3 Å². The summed E-state index contributed by atoms with van der Waals surface area (Å²) in [5.74, 6) is 2.78. The fourth-order valence-corrected chi connectivity index (χ4v) is 5.04. The van der Waals surface area contributed by atoms with E-state index in [1.807, 2.05) is 36.1 Å². The zero-order chi connectivity index (χ0) is 26.5. The number of ether oxygens (including phenoxy) is 2. The predicted octanol–water partition coefficient (Wildman–Crippen LogP) is 3.90. The van der Waals surface area contributed by atoms with Crippen LogP contribution < -0.4 is 24.6 Å². The third-order valence-electron chi connectivity index (χ3n) is 7.03. The van der Waals surface area contributed by atoms with Gasteiger partial charge in [0.1, 0.15) is 23.3 Å². The number of para-hydroxylation sites is 2. The van der Waals surface area contributed by atoms with Gasteiger partial charge >= 0.3 is 5.97 Å². The van der Waals surface area contributed by atoms with Gasteiger partial charge in [-0.2, -0.15) is 4.98 Å². The maximum absolute atomic E-state index is 11.9. The van der Waals surface area contributed by atoms with Crippen LogP contribution in [0, 0.1) is 0 Å². The molecule has 3 aromatic rings. The molecular weight excluding hydrogens is 486 g/mol. The molecule has 38 heavy (non-hydrogen) atoms. The van der Waals surface area contributed by atoms with E-state index >= 15 is 0 Å². The topological polar surface area (TPSA) is 126 Å². The molecule has 2 atom stereocenters. The molecule has 0 amide bonds. The first kappa shape index (κ1) is 25.5. The number of anilines is 4. The molecule has 0 aliphatic carbocycles. The number of carboxylic acids is 1. The van der Waals surface area contributed by atoms with Crippen molar-refractivity contribution >= 4 is 29.4 Å². The van der Waals surface area contributed by atoms with Gasteiger partial charge in [0, 0.05) is 19.3 Å². The van der Waals surface area contributed by atoms with Crippen molar-refractivity contribution in [2.75, 3.05) is 41.4 Å². The van der Waals surface area contributed by atoms with Crippen molar-refractivity contribution in [3.05, 3.63) is 48.9 Å². The van der Waals surface area contributed by atoms with Gasteiger partial charge in [0.2, 0.25) is 5.95 Å². The molecule has 0 bridgehead atoms. The number of hydrogen-bond acceptors (Lipinski definition) is 10. The molecular formula is C27H33N7O4. The van der Waals surface area contributed by atoms with Gasteiger partial charge in [0.25, 0.3) is 0 Å². The van der Waals surface area contributed by atoms with Crippen LogP contribution in [0.15, 0.2) is 48.9 Å². The first-order valence-electron chi connectivity index (χ1n) is 13.0. The number of rotatable bonds is 9. The Morgan fingerprint density at radius 3 is 2.79 bits per heavy atom. The zero-order valence-electron chi connectivity index (χ0n) is 21.7. The molecule has 4 heterocycles. The second-order valence-electron chi connectivity index (χ2n) is 9.67. The van der Waals surface area contributed by atoms with Crippen molar-refractivity contribution in [3.63, 3.8) is 0 Å². The lowest BCUT2D eigenvalue weighted by Crippen LogP contribution is -2.48. The quantitative estimate of drug-likeness (QED) is 0.427. The molecule has 2 fully saturated rings. The summed E-state index contributed by atoms with van der Waals surface area (Å²) in [6, 6.07) is 9.47. The third-order valence-corrected chi connectivity index (χ3v) is 7.03. The summed E-state index contributed by atoms with van der Waals surface area (Å²) in [6.07, 6.45) is 8.23. The van der Waals surface area contributed by atoms with Crippen molar-refractivity contribution < 1.29 is 19.4 Å². The smallest absolute Gasteiger partial charge is 0.329 e. The largest absolute Gasteiger partial charge is 0.490 e. The fraction of sp³-hybridized carbons (Fsp3) is 0.444. The molecule has 2 aliphatic rings. The van der Waals surface area contributed by atoms with Crippen LogP contribution in [-0.4, -0.2) is 68.9 Å². The maximum atomic E-state index is 11.9. The summed E-state index contributed by atoms with van der Waals surface area (Å²) < 4.78 is 12.0. The lowest BCUT2D eigenvalue weighted by atomic mass is 9.99. The Kier molecular flexibility index (Phi) is 7.43. The number of hydrogen-bond donors (Lipinski definition) is 2. The minimum absolute atomic E-state index is 0.00667. The molecule has 1 aromatic carbocycles. The van der Waals surface area contributed by atoms with Crippen LogP contribution >= 0.6 is 0 Å². The molecule has 11 heteroatoms. The van der Waals surface area contributed by atoms with Crippen LogP contribution in [0.25, 0.3) is 0 Å². The Hall–Kier alpha value is -4.15. The van der Waals surface area contributed by atoms with Crippen LogP contribution in [0.4, 0.5) is 23.4 Å². The van der Waals surface area contributed by atoms with Gasteiger partial charge in [-0.25, -0.2) is 14.8 Å². The van der Waals surface area contributed by atoms with Crippen molar-refractivity contribution in [2.45, 2.75) is 51.2 Å². The molecule has 2 N–H and O–H groups in total. The zero-order valence-corrected chi connectivity index (χ0v) is 21.7. The first-order valence-corrected chi connectivity index (χ1v) is 13.0. The number of carboxylic acid groups (broad SMARTS) is 1. The Balaban J connectivity index is 1.28. The number of piperidine rings is 1. The SMILES string of the molecule is CCOc1ccccc1O[C@@H]1CCCN(c2cncc(Nc3nccc(N4CCC[C@@]4(C)C(=O)O)n3)n2)C1. The molecule has 5 rings (SSSR count). The Labute approximate surface area is 221 Å². The van der Waals surface area contributed by atoms with E-state index in [9.17, 15) is 9.90 Å². The van der Waals surface area contributed by atoms with Crippen LogP contribution in [0.3, 0.4) is 0 Å². The average Bonchev–Trinajstić information content (AvgIpc) is 3.33. The van der Waals surface area contributed by atoms with E-state index in [2.05, 4.69) is 25.2 Å².